The predicted octanol–water partition coefficient (Wildman–Crippen LogP) is 8.96. The van der Waals surface area contributed by atoms with Crippen molar-refractivity contribution in [3.8, 4) is 0 Å². The molecule has 0 aliphatic rings. The average Bonchev–Trinajstić information content (AvgIpc) is 3.17. The molecule has 0 spiro atoms. The number of carboxylic acid groups (broad SMARTS) is 1. The molecule has 2 unspecified atom stereocenters. The molecular weight excluding hydrogens is 934 g/mol. The van der Waals surface area contributed by atoms with Gasteiger partial charge in [0.25, 0.3) is 0 Å². The van der Waals surface area contributed by atoms with E-state index >= 15 is 0 Å². The fourth-order valence-electron chi connectivity index (χ4n) is 5.23. The van der Waals surface area contributed by atoms with Crippen LogP contribution in [0.25, 0.3) is 0 Å². The van der Waals surface area contributed by atoms with E-state index in [1.165, 1.54) is 27.0 Å². The number of aliphatic hydroxyl groups is 1. The zero-order valence-corrected chi connectivity index (χ0v) is 42.1. The molecule has 0 radical (unpaired) electrons. The smallest absolute Gasteiger partial charge is 0.436 e. The number of alkyl halides is 3. The second-order valence-corrected chi connectivity index (χ2v) is 19.7. The first-order valence-corrected chi connectivity index (χ1v) is 22.7. The summed E-state index contributed by atoms with van der Waals surface area (Å²) in [6.07, 6.45) is -12.8. The molecule has 0 saturated carbocycles. The third-order valence-electron chi connectivity index (χ3n) is 7.84. The number of thioether (sulfide) groups is 1. The Hall–Kier alpha value is -6.10. The number of nitrogens with zero attached hydrogens (tertiary/aromatic N) is 3. The molecular formula is C46H67F3N6O13S. The first kappa shape index (κ1) is 60.9. The summed E-state index contributed by atoms with van der Waals surface area (Å²) < 4.78 is 67.8. The number of aliphatic hydroxyl groups excluding tert-OH is 1. The van der Waals surface area contributed by atoms with Gasteiger partial charge in [-0.05, 0) is 113 Å². The van der Waals surface area contributed by atoms with Crippen molar-refractivity contribution in [2.24, 2.45) is 9.98 Å². The molecule has 0 bridgehead atoms. The van der Waals surface area contributed by atoms with Gasteiger partial charge in [0.05, 0.1) is 6.04 Å². The summed E-state index contributed by atoms with van der Waals surface area (Å²) in [6, 6.07) is 15.2. The Balaban J connectivity index is 0.000000890. The van der Waals surface area contributed by atoms with Crippen molar-refractivity contribution in [3.63, 3.8) is 0 Å². The summed E-state index contributed by atoms with van der Waals surface area (Å²) in [6.45, 7) is 18.4. The van der Waals surface area contributed by atoms with Gasteiger partial charge < -0.3 is 39.2 Å². The van der Waals surface area contributed by atoms with Gasteiger partial charge in [0.15, 0.2) is 11.3 Å². The molecule has 3 atom stereocenters. The number of carbonyl (C=O) groups excluding carboxylic acids is 5. The Kier molecular flexibility index (Phi) is 24.0. The van der Waals surface area contributed by atoms with Gasteiger partial charge in [0.1, 0.15) is 35.1 Å². The second-order valence-electron chi connectivity index (χ2n) is 18.9. The van der Waals surface area contributed by atoms with Gasteiger partial charge >= 0.3 is 42.6 Å². The lowest BCUT2D eigenvalue weighted by Gasteiger charge is -2.36. The highest BCUT2D eigenvalue weighted by Gasteiger charge is 2.49. The van der Waals surface area contributed by atoms with Crippen LogP contribution in [0.3, 0.4) is 0 Å². The molecule has 0 aliphatic carbocycles. The maximum Gasteiger partial charge on any atom is 0.436 e. The molecule has 5 amide bonds. The molecule has 0 fully saturated rings. The number of aliphatic imine (C=N–C) groups is 2. The van der Waals surface area contributed by atoms with Gasteiger partial charge in [-0.1, -0.05) is 72.4 Å². The highest BCUT2D eigenvalue weighted by atomic mass is 32.2. The van der Waals surface area contributed by atoms with Crippen molar-refractivity contribution in [1.82, 2.24) is 20.9 Å². The van der Waals surface area contributed by atoms with Crippen LogP contribution in [-0.2, 0) is 41.5 Å². The molecule has 2 aromatic carbocycles. The molecule has 0 aliphatic heterocycles. The monoisotopic (exact) mass is 1000 g/mol. The molecule has 69 heavy (non-hydrogen) atoms. The van der Waals surface area contributed by atoms with Gasteiger partial charge in [-0.15, -0.1) is 0 Å². The van der Waals surface area contributed by atoms with E-state index in [4.69, 9.17) is 23.7 Å². The number of amides is 5. The van der Waals surface area contributed by atoms with Crippen LogP contribution in [0.15, 0.2) is 70.6 Å². The average molecular weight is 1000 g/mol. The van der Waals surface area contributed by atoms with E-state index in [0.717, 1.165) is 11.1 Å². The topological polar surface area (TPSA) is 253 Å². The van der Waals surface area contributed by atoms with Crippen molar-refractivity contribution in [3.05, 3.63) is 71.8 Å². The Morgan fingerprint density at radius 3 is 1.58 bits per heavy atom. The van der Waals surface area contributed by atoms with Crippen LogP contribution < -0.4 is 16.0 Å². The van der Waals surface area contributed by atoms with E-state index < -0.39 is 101 Å². The Labute approximate surface area is 405 Å². The highest BCUT2D eigenvalue weighted by molar-refractivity contribution is 8.13. The SMILES string of the molecule is CSC(=NC(=O)OC(C)(C)C)N(C(=O)OC(C)(C)C)C(CCCN=C(NC(=O)OC(C)(C)C)NC(=O)OC(C)(C)C)C(O)C(F)(F)F.O=C(N[C@H](Cc1ccccc1)C(=O)O)OCc1ccccc1. The van der Waals surface area contributed by atoms with E-state index in [1.807, 2.05) is 60.7 Å². The third kappa shape index (κ3) is 27.5. The number of guanidine groups is 1. The number of carbonyl (C=O) groups is 6. The summed E-state index contributed by atoms with van der Waals surface area (Å²) in [5.74, 6) is -1.53. The van der Waals surface area contributed by atoms with Crippen molar-refractivity contribution in [2.45, 2.75) is 156 Å². The molecule has 0 heterocycles. The van der Waals surface area contributed by atoms with E-state index in [0.29, 0.717) is 16.7 Å². The van der Waals surface area contributed by atoms with Crippen molar-refractivity contribution in [1.29, 1.82) is 0 Å². The van der Waals surface area contributed by atoms with Crippen molar-refractivity contribution >= 4 is 59.3 Å². The summed E-state index contributed by atoms with van der Waals surface area (Å²) in [5, 5.41) is 26.0. The van der Waals surface area contributed by atoms with E-state index in [9.17, 15) is 52.2 Å². The maximum absolute atomic E-state index is 14.0. The van der Waals surface area contributed by atoms with E-state index in [1.54, 1.807) is 62.3 Å². The fraction of sp³-hybridized carbons (Fsp3) is 0.565. The Bertz CT molecular complexity index is 2020. The van der Waals surface area contributed by atoms with Crippen LogP contribution in [0.2, 0.25) is 0 Å². The van der Waals surface area contributed by atoms with Gasteiger partial charge in [-0.2, -0.15) is 18.2 Å². The lowest BCUT2D eigenvalue weighted by Crippen LogP contribution is -2.55. The van der Waals surface area contributed by atoms with Crippen LogP contribution in [-0.4, -0.2) is 122 Å². The fourth-order valence-corrected chi connectivity index (χ4v) is 5.80. The quantitative estimate of drug-likeness (QED) is 0.0576. The summed E-state index contributed by atoms with van der Waals surface area (Å²) >= 11 is 0.655. The van der Waals surface area contributed by atoms with Crippen LogP contribution in [0.4, 0.5) is 37.1 Å². The van der Waals surface area contributed by atoms with Crippen molar-refractivity contribution < 1.29 is 75.8 Å². The molecule has 2 rings (SSSR count). The summed E-state index contributed by atoms with van der Waals surface area (Å²) in [5.41, 5.74) is -2.35. The predicted molar refractivity (Wildman–Crippen MR) is 253 cm³/mol. The minimum Gasteiger partial charge on any atom is -0.480 e. The molecule has 2 aromatic rings. The summed E-state index contributed by atoms with van der Waals surface area (Å²) in [7, 11) is 0. The third-order valence-corrected chi connectivity index (χ3v) is 8.50. The van der Waals surface area contributed by atoms with Gasteiger partial charge in [0.2, 0.25) is 5.96 Å². The Morgan fingerprint density at radius 1 is 0.696 bits per heavy atom. The van der Waals surface area contributed by atoms with E-state index in [-0.39, 0.29) is 26.0 Å². The van der Waals surface area contributed by atoms with E-state index in [2.05, 4.69) is 25.9 Å². The van der Waals surface area contributed by atoms with Gasteiger partial charge in [-0.25, -0.2) is 33.7 Å². The molecule has 0 saturated heterocycles. The standard InChI is InChI=1S/C29H50F3N5O9S.C17H17NO4/c1-25(2,3)43-21(39)34-19(35-22(40)44-26(4,5)6)33-16-14-15-17(18(38)29(30,31)32)37(24(42)46-28(10,11)12)20(47-13)36-23(41)45-27(7,8)9;19-16(20)15(11-13-7-3-1-4-8-13)18-17(21)22-12-14-9-5-2-6-10-14/h17-18,38H,14-16H2,1-13H3,(H2,33,34,35,39,40);1-10,15H,11-12H2,(H,18,21)(H,19,20)/t;15-/m.1/s1. The number of amidine groups is 1. The molecule has 386 valence electrons. The van der Waals surface area contributed by atoms with Crippen LogP contribution >= 0.6 is 11.8 Å². The number of nitrogens with one attached hydrogen (secondary N) is 3. The van der Waals surface area contributed by atoms with Crippen molar-refractivity contribution in [2.75, 3.05) is 12.8 Å². The molecule has 0 aromatic heterocycles. The lowest BCUT2D eigenvalue weighted by atomic mass is 10.0. The second kappa shape index (κ2) is 27.2. The molecule has 5 N–H and O–H groups in total. The number of hydrogen-bond acceptors (Lipinski definition) is 14. The Morgan fingerprint density at radius 2 is 1.16 bits per heavy atom. The number of aliphatic carboxylic acids is 1. The number of ether oxygens (including phenoxy) is 5. The maximum atomic E-state index is 14.0. The van der Waals surface area contributed by atoms with Crippen LogP contribution in [0.1, 0.15) is 107 Å². The number of carboxylic acids is 1. The largest absolute Gasteiger partial charge is 0.480 e. The highest BCUT2D eigenvalue weighted by Crippen LogP contribution is 2.30. The molecule has 19 nitrogen and oxygen atoms in total. The first-order valence-electron chi connectivity index (χ1n) is 21.5. The minimum atomic E-state index is -5.22. The first-order chi connectivity index (χ1) is 31.6. The minimum absolute atomic E-state index is 0.102. The van der Waals surface area contributed by atoms with Crippen LogP contribution in [0, 0.1) is 0 Å². The number of rotatable bonds is 12. The van der Waals surface area contributed by atoms with Crippen LogP contribution in [0.5, 0.6) is 0 Å². The normalized spacial score (nSPS) is 13.4. The zero-order valence-electron chi connectivity index (χ0n) is 41.3. The number of hydrogen-bond donors (Lipinski definition) is 5. The number of alkyl carbamates (subject to hydrolysis) is 3. The number of halogens is 3. The van der Waals surface area contributed by atoms with Gasteiger partial charge in [0, 0.05) is 13.0 Å². The molecule has 23 heteroatoms. The zero-order chi connectivity index (χ0) is 53.0. The summed E-state index contributed by atoms with van der Waals surface area (Å²) in [4.78, 5) is 81.8. The number of benzene rings is 2. The van der Waals surface area contributed by atoms with Gasteiger partial charge in [-0.3, -0.25) is 15.6 Å². The lowest BCUT2D eigenvalue weighted by molar-refractivity contribution is -0.217.